The fourth-order valence-electron chi connectivity index (χ4n) is 3.88. The van der Waals surface area contributed by atoms with Crippen molar-refractivity contribution in [1.29, 1.82) is 0 Å². The van der Waals surface area contributed by atoms with E-state index in [4.69, 9.17) is 4.74 Å². The molecule has 1 atom stereocenters. The number of fused-ring (bicyclic) bond motifs is 2. The number of hydrogen-bond acceptors (Lipinski definition) is 3. The van der Waals surface area contributed by atoms with Crippen LogP contribution in [0.25, 0.3) is 0 Å². The lowest BCUT2D eigenvalue weighted by Crippen LogP contribution is -2.47. The van der Waals surface area contributed by atoms with E-state index in [9.17, 15) is 17.6 Å². The Morgan fingerprint density at radius 1 is 1.14 bits per heavy atom. The maximum atomic E-state index is 14.7. The lowest BCUT2D eigenvalue weighted by atomic mass is 9.68. The normalized spacial score (nSPS) is 18.2. The summed E-state index contributed by atoms with van der Waals surface area (Å²) in [6.45, 7) is 0.0130. The first-order valence-electron chi connectivity index (χ1n) is 8.65. The molecule has 0 aliphatic carbocycles. The summed E-state index contributed by atoms with van der Waals surface area (Å²) in [7, 11) is 1.40. The number of hydrogen-bond donors (Lipinski definition) is 1. The number of nitrogens with zero attached hydrogens (tertiary/aromatic N) is 2. The monoisotopic (exact) mass is 391 g/mol. The molecular weight excluding hydrogens is 374 g/mol. The molecule has 0 spiro atoms. The molecule has 2 heterocycles. The van der Waals surface area contributed by atoms with Gasteiger partial charge in [-0.1, -0.05) is 12.1 Å². The van der Waals surface area contributed by atoms with Gasteiger partial charge in [0.2, 0.25) is 0 Å². The number of para-hydroxylation sites is 1. The molecule has 1 N–H and O–H groups in total. The van der Waals surface area contributed by atoms with Crippen molar-refractivity contribution >= 4 is 11.4 Å². The molecule has 4 nitrogen and oxygen atoms in total. The molecule has 0 saturated heterocycles. The molecule has 1 unspecified atom stereocenters. The van der Waals surface area contributed by atoms with Crippen LogP contribution in [-0.2, 0) is 12.0 Å². The predicted molar refractivity (Wildman–Crippen MR) is 96.4 cm³/mol. The van der Waals surface area contributed by atoms with E-state index in [1.807, 2.05) is 0 Å². The van der Waals surface area contributed by atoms with Gasteiger partial charge in [-0.25, -0.2) is 4.39 Å². The Kier molecular flexibility index (Phi) is 4.28. The Morgan fingerprint density at radius 2 is 1.96 bits per heavy atom. The van der Waals surface area contributed by atoms with Gasteiger partial charge >= 0.3 is 6.18 Å². The summed E-state index contributed by atoms with van der Waals surface area (Å²) in [5, 5.41) is 7.01. The molecule has 2 aromatic carbocycles. The van der Waals surface area contributed by atoms with Crippen LogP contribution < -0.4 is 10.1 Å². The first-order chi connectivity index (χ1) is 13.4. The predicted octanol–water partition coefficient (Wildman–Crippen LogP) is 5.03. The third kappa shape index (κ3) is 2.71. The molecule has 0 radical (unpaired) electrons. The number of alkyl halides is 3. The average Bonchev–Trinajstić information content (AvgIpc) is 3.17. The topological polar surface area (TPSA) is 39.1 Å². The SMILES string of the molecule is COc1cccc2c1Nc1ccc(F)cc1C2(CCn1cccn1)C(F)(F)F. The zero-order valence-corrected chi connectivity index (χ0v) is 14.9. The van der Waals surface area contributed by atoms with Gasteiger partial charge in [0.15, 0.2) is 0 Å². The third-order valence-corrected chi connectivity index (χ3v) is 5.17. The molecule has 3 aromatic rings. The third-order valence-electron chi connectivity index (χ3n) is 5.17. The number of aromatic nitrogens is 2. The number of halogens is 4. The number of rotatable bonds is 4. The second kappa shape index (κ2) is 6.54. The average molecular weight is 391 g/mol. The molecular formula is C20H17F4N3O. The lowest BCUT2D eigenvalue weighted by Gasteiger charge is -2.42. The minimum atomic E-state index is -4.67. The molecule has 8 heteroatoms. The van der Waals surface area contributed by atoms with Crippen molar-refractivity contribution in [1.82, 2.24) is 9.78 Å². The molecule has 4 rings (SSSR count). The molecule has 0 saturated carbocycles. The van der Waals surface area contributed by atoms with Crippen molar-refractivity contribution in [3.63, 3.8) is 0 Å². The highest BCUT2D eigenvalue weighted by molar-refractivity contribution is 5.80. The van der Waals surface area contributed by atoms with E-state index in [0.29, 0.717) is 5.75 Å². The summed E-state index contributed by atoms with van der Waals surface area (Å²) in [5.74, 6) is -0.431. The van der Waals surface area contributed by atoms with E-state index < -0.39 is 17.4 Å². The van der Waals surface area contributed by atoms with Gasteiger partial charge in [0, 0.05) is 24.6 Å². The Morgan fingerprint density at radius 3 is 2.64 bits per heavy atom. The largest absolute Gasteiger partial charge is 0.495 e. The molecule has 1 aliphatic heterocycles. The second-order valence-corrected chi connectivity index (χ2v) is 6.62. The van der Waals surface area contributed by atoms with Crippen molar-refractivity contribution in [2.75, 3.05) is 12.4 Å². The van der Waals surface area contributed by atoms with E-state index >= 15 is 0 Å². The van der Waals surface area contributed by atoms with E-state index in [1.54, 1.807) is 18.3 Å². The second-order valence-electron chi connectivity index (χ2n) is 6.62. The first-order valence-corrected chi connectivity index (χ1v) is 8.65. The van der Waals surface area contributed by atoms with Crippen LogP contribution in [0.5, 0.6) is 5.75 Å². The standard InChI is InChI=1S/C20H17F4N3O/c1-28-17-5-2-4-14-18(17)26-16-7-6-13(21)12-15(16)19(14,20(22,23)24)8-11-27-10-3-9-25-27/h2-7,9-10,12,26H,8,11H2,1H3. The number of methoxy groups -OCH3 is 1. The summed E-state index contributed by atoms with van der Waals surface area (Å²) >= 11 is 0. The highest BCUT2D eigenvalue weighted by atomic mass is 19.4. The van der Waals surface area contributed by atoms with Crippen molar-refractivity contribution in [3.05, 3.63) is 71.8 Å². The molecule has 28 heavy (non-hydrogen) atoms. The number of aryl methyl sites for hydroxylation is 1. The number of anilines is 2. The first kappa shape index (κ1) is 18.3. The zero-order chi connectivity index (χ0) is 19.9. The van der Waals surface area contributed by atoms with Crippen molar-refractivity contribution in [2.24, 2.45) is 0 Å². The number of benzene rings is 2. The van der Waals surface area contributed by atoms with Crippen LogP contribution in [0, 0.1) is 5.82 Å². The van der Waals surface area contributed by atoms with Gasteiger partial charge in [-0.2, -0.15) is 18.3 Å². The molecule has 0 fully saturated rings. The van der Waals surface area contributed by atoms with Crippen molar-refractivity contribution in [2.45, 2.75) is 24.6 Å². The van der Waals surface area contributed by atoms with Crippen LogP contribution in [0.1, 0.15) is 17.5 Å². The summed E-state index contributed by atoms with van der Waals surface area (Å²) < 4.78 is 64.9. The fraction of sp³-hybridized carbons (Fsp3) is 0.250. The lowest BCUT2D eigenvalue weighted by molar-refractivity contribution is -0.181. The highest BCUT2D eigenvalue weighted by Crippen LogP contribution is 2.57. The van der Waals surface area contributed by atoms with Crippen LogP contribution in [0.4, 0.5) is 28.9 Å². The zero-order valence-electron chi connectivity index (χ0n) is 14.9. The van der Waals surface area contributed by atoms with Crippen molar-refractivity contribution in [3.8, 4) is 5.75 Å². The van der Waals surface area contributed by atoms with E-state index in [-0.39, 0.29) is 35.5 Å². The Labute approximate surface area is 158 Å². The highest BCUT2D eigenvalue weighted by Gasteiger charge is 2.60. The van der Waals surface area contributed by atoms with E-state index in [0.717, 1.165) is 12.1 Å². The van der Waals surface area contributed by atoms with Crippen LogP contribution in [0.3, 0.4) is 0 Å². The summed E-state index contributed by atoms with van der Waals surface area (Å²) in [6, 6.07) is 9.59. The molecule has 0 bridgehead atoms. The van der Waals surface area contributed by atoms with Crippen LogP contribution >= 0.6 is 0 Å². The van der Waals surface area contributed by atoms with Gasteiger partial charge in [-0.3, -0.25) is 4.68 Å². The molecule has 1 aromatic heterocycles. The molecule has 0 amide bonds. The van der Waals surface area contributed by atoms with E-state index in [2.05, 4.69) is 10.4 Å². The quantitative estimate of drug-likeness (QED) is 0.635. The minimum absolute atomic E-state index is 0.00426. The van der Waals surface area contributed by atoms with Crippen LogP contribution in [-0.4, -0.2) is 23.1 Å². The Bertz CT molecular complexity index is 1000. The smallest absolute Gasteiger partial charge is 0.402 e. The number of ether oxygens (including phenoxy) is 1. The van der Waals surface area contributed by atoms with Gasteiger partial charge in [0.25, 0.3) is 0 Å². The van der Waals surface area contributed by atoms with Gasteiger partial charge in [0.05, 0.1) is 12.8 Å². The molecule has 146 valence electrons. The maximum absolute atomic E-state index is 14.7. The minimum Gasteiger partial charge on any atom is -0.495 e. The van der Waals surface area contributed by atoms with Gasteiger partial charge in [0.1, 0.15) is 17.0 Å². The van der Waals surface area contributed by atoms with Gasteiger partial charge < -0.3 is 10.1 Å². The molecule has 1 aliphatic rings. The maximum Gasteiger partial charge on any atom is 0.402 e. The Hall–Kier alpha value is -3.03. The van der Waals surface area contributed by atoms with Crippen LogP contribution in [0.2, 0.25) is 0 Å². The van der Waals surface area contributed by atoms with Crippen molar-refractivity contribution < 1.29 is 22.3 Å². The number of nitrogens with one attached hydrogen (secondary N) is 1. The van der Waals surface area contributed by atoms with Crippen LogP contribution in [0.15, 0.2) is 54.9 Å². The summed E-state index contributed by atoms with van der Waals surface area (Å²) in [5.41, 5.74) is -2.11. The van der Waals surface area contributed by atoms with Gasteiger partial charge in [-0.05, 0) is 47.9 Å². The summed E-state index contributed by atoms with van der Waals surface area (Å²) in [4.78, 5) is 0. The van der Waals surface area contributed by atoms with E-state index in [1.165, 1.54) is 36.2 Å². The Balaban J connectivity index is 1.99. The van der Waals surface area contributed by atoms with Gasteiger partial charge in [-0.15, -0.1) is 0 Å². The fourth-order valence-corrected chi connectivity index (χ4v) is 3.88. The summed E-state index contributed by atoms with van der Waals surface area (Å²) in [6.07, 6.45) is -1.90.